The molecule has 1 aliphatic rings. The normalized spacial score (nSPS) is 13.6. The lowest BCUT2D eigenvalue weighted by Crippen LogP contribution is -2.15. The van der Waals surface area contributed by atoms with Crippen LogP contribution in [0, 0.1) is 0 Å². The van der Waals surface area contributed by atoms with Crippen molar-refractivity contribution in [2.45, 2.75) is 47.0 Å². The van der Waals surface area contributed by atoms with Crippen molar-refractivity contribution in [1.29, 1.82) is 0 Å². The monoisotopic (exact) mass is 416 g/mol. The molecule has 3 rings (SSSR count). The van der Waals surface area contributed by atoms with Crippen molar-refractivity contribution in [2.24, 2.45) is 5.10 Å². The number of nitrogens with zero attached hydrogens (tertiary/aromatic N) is 2. The maximum absolute atomic E-state index is 8.00. The lowest BCUT2D eigenvalue weighted by atomic mass is 9.91. The zero-order chi connectivity index (χ0) is 22.7. The van der Waals surface area contributed by atoms with Gasteiger partial charge in [-0.15, -0.1) is 6.58 Å². The average molecular weight is 417 g/mol. The van der Waals surface area contributed by atoms with Crippen LogP contribution in [0.3, 0.4) is 0 Å². The second kappa shape index (κ2) is 18.9. The van der Waals surface area contributed by atoms with Crippen LogP contribution < -0.4 is 0 Å². The van der Waals surface area contributed by atoms with Crippen molar-refractivity contribution >= 4 is 24.1 Å². The van der Waals surface area contributed by atoms with Crippen LogP contribution in [-0.4, -0.2) is 31.1 Å². The van der Waals surface area contributed by atoms with Crippen LogP contribution in [0.5, 0.6) is 0 Å². The summed E-state index contributed by atoms with van der Waals surface area (Å²) in [6, 6.07) is 18.4. The van der Waals surface area contributed by atoms with E-state index in [0.29, 0.717) is 5.92 Å². The van der Waals surface area contributed by atoms with E-state index in [1.807, 2.05) is 69.9 Å². The van der Waals surface area contributed by atoms with Gasteiger partial charge >= 0.3 is 0 Å². The molecule has 0 spiro atoms. The predicted octanol–water partition coefficient (Wildman–Crippen LogP) is 7.22. The van der Waals surface area contributed by atoms with Crippen LogP contribution in [0.4, 0.5) is 0 Å². The van der Waals surface area contributed by atoms with Gasteiger partial charge in [0, 0.05) is 24.5 Å². The van der Waals surface area contributed by atoms with Crippen molar-refractivity contribution in [2.75, 3.05) is 13.6 Å². The molecule has 0 aromatic heterocycles. The highest BCUT2D eigenvalue weighted by atomic mass is 35.5. The molecule has 4 heteroatoms. The second-order valence-electron chi connectivity index (χ2n) is 5.91. The maximum Gasteiger partial charge on any atom is 0.106 e. The molecule has 0 aliphatic carbocycles. The SMILES string of the molecule is C=CC.C=O.CC.CCC.CN1CC(c2ccccc2)C(c2ccc(Cl)cc2)=N1. The van der Waals surface area contributed by atoms with Gasteiger partial charge in [-0.05, 0) is 30.2 Å². The molecule has 0 N–H and O–H groups in total. The average Bonchev–Trinajstić information content (AvgIpc) is 3.15. The molecule has 3 nitrogen and oxygen atoms in total. The second-order valence-corrected chi connectivity index (χ2v) is 6.35. The highest BCUT2D eigenvalue weighted by Gasteiger charge is 2.27. The molecule has 1 atom stereocenters. The quantitative estimate of drug-likeness (QED) is 0.484. The molecule has 2 aromatic carbocycles. The summed E-state index contributed by atoms with van der Waals surface area (Å²) in [4.78, 5) is 8.00. The molecule has 1 unspecified atom stereocenters. The van der Waals surface area contributed by atoms with Gasteiger partial charge < -0.3 is 4.79 Å². The van der Waals surface area contributed by atoms with Crippen LogP contribution in [0.2, 0.25) is 5.02 Å². The summed E-state index contributed by atoms with van der Waals surface area (Å²) in [5.74, 6) is 0.326. The maximum atomic E-state index is 8.00. The summed E-state index contributed by atoms with van der Waals surface area (Å²) in [5.41, 5.74) is 3.56. The van der Waals surface area contributed by atoms with E-state index < -0.39 is 0 Å². The Morgan fingerprint density at radius 2 is 1.52 bits per heavy atom. The smallest absolute Gasteiger partial charge is 0.106 e. The number of carbonyl (C=O) groups is 1. The largest absolute Gasteiger partial charge is 0.307 e. The Labute approximate surface area is 183 Å². The Bertz CT molecular complexity index is 669. The van der Waals surface area contributed by atoms with Crippen molar-refractivity contribution in [3.63, 3.8) is 0 Å². The minimum atomic E-state index is 0.326. The molecule has 2 aromatic rings. The molecule has 29 heavy (non-hydrogen) atoms. The number of carbonyl (C=O) groups excluding carboxylic acids is 1. The topological polar surface area (TPSA) is 32.7 Å². The van der Waals surface area contributed by atoms with Crippen LogP contribution in [0.1, 0.15) is 58.1 Å². The molecular formula is C25H37ClN2O. The Hall–Kier alpha value is -2.39. The van der Waals surface area contributed by atoms with Gasteiger partial charge in [0.25, 0.3) is 0 Å². The van der Waals surface area contributed by atoms with Crippen LogP contribution in [-0.2, 0) is 4.79 Å². The van der Waals surface area contributed by atoms with Crippen molar-refractivity contribution in [3.8, 4) is 0 Å². The number of benzene rings is 2. The van der Waals surface area contributed by atoms with Gasteiger partial charge in [0.05, 0.1) is 5.71 Å². The summed E-state index contributed by atoms with van der Waals surface area (Å²) in [6.45, 7) is 16.4. The fourth-order valence-electron chi connectivity index (χ4n) is 2.47. The standard InChI is InChI=1S/C16H15ClN2.C3H8.C3H6.C2H6.CH2O/c1-19-11-15(12-5-3-2-4-6-12)16(18-19)13-7-9-14(17)10-8-13;2*1-3-2;2*1-2/h2-10,15H,11H2,1H3;3H2,1-2H3;3H,1H2,2H3;1-2H3;1H2. The minimum absolute atomic E-state index is 0.326. The molecule has 0 bridgehead atoms. The van der Waals surface area contributed by atoms with Gasteiger partial charge in [0.15, 0.2) is 0 Å². The minimum Gasteiger partial charge on any atom is -0.307 e. The van der Waals surface area contributed by atoms with E-state index in [4.69, 9.17) is 16.4 Å². The Kier molecular flexibility index (Phi) is 18.8. The van der Waals surface area contributed by atoms with Crippen molar-refractivity contribution in [3.05, 3.63) is 83.4 Å². The van der Waals surface area contributed by atoms with Crippen LogP contribution >= 0.6 is 11.6 Å². The van der Waals surface area contributed by atoms with Crippen LogP contribution in [0.25, 0.3) is 0 Å². The summed E-state index contributed by atoms with van der Waals surface area (Å²) in [6.07, 6.45) is 3.00. The van der Waals surface area contributed by atoms with E-state index in [0.717, 1.165) is 22.8 Å². The van der Waals surface area contributed by atoms with Crippen molar-refractivity contribution in [1.82, 2.24) is 5.01 Å². The number of hydrazone groups is 1. The highest BCUT2D eigenvalue weighted by molar-refractivity contribution is 6.30. The molecule has 0 fully saturated rings. The molecule has 0 saturated carbocycles. The molecule has 1 aliphatic heterocycles. The number of likely N-dealkylation sites (N-methyl/N-ethyl adjacent to an activating group) is 1. The first-order valence-corrected chi connectivity index (χ1v) is 10.4. The fourth-order valence-corrected chi connectivity index (χ4v) is 2.60. The van der Waals surface area contributed by atoms with Gasteiger partial charge in [0.2, 0.25) is 0 Å². The van der Waals surface area contributed by atoms with E-state index in [1.54, 1.807) is 6.08 Å². The third-order valence-electron chi connectivity index (χ3n) is 3.40. The van der Waals surface area contributed by atoms with Gasteiger partial charge in [-0.3, -0.25) is 5.01 Å². The first-order valence-electron chi connectivity index (χ1n) is 10.0. The molecule has 1 heterocycles. The first-order chi connectivity index (χ1) is 14.1. The van der Waals surface area contributed by atoms with E-state index in [1.165, 1.54) is 12.0 Å². The first kappa shape index (κ1) is 28.8. The van der Waals surface area contributed by atoms with Gasteiger partial charge in [-0.25, -0.2) is 0 Å². The lowest BCUT2D eigenvalue weighted by Gasteiger charge is -2.13. The van der Waals surface area contributed by atoms with Gasteiger partial charge in [-0.1, -0.05) is 94.3 Å². The molecule has 0 saturated heterocycles. The predicted molar refractivity (Wildman–Crippen MR) is 130 cm³/mol. The van der Waals surface area contributed by atoms with Gasteiger partial charge in [0.1, 0.15) is 6.79 Å². The Morgan fingerprint density at radius 3 is 1.97 bits per heavy atom. The molecule has 160 valence electrons. The summed E-state index contributed by atoms with van der Waals surface area (Å²) in [5, 5.41) is 7.41. The summed E-state index contributed by atoms with van der Waals surface area (Å²) < 4.78 is 0. The fraction of sp³-hybridized carbons (Fsp3) is 0.360. The number of halogens is 1. The van der Waals surface area contributed by atoms with E-state index in [2.05, 4.69) is 49.8 Å². The molecular weight excluding hydrogens is 380 g/mol. The molecule has 0 amide bonds. The van der Waals surface area contributed by atoms with E-state index in [-0.39, 0.29) is 0 Å². The zero-order valence-corrected chi connectivity index (χ0v) is 19.6. The third-order valence-corrected chi connectivity index (χ3v) is 3.65. The number of rotatable bonds is 2. The summed E-state index contributed by atoms with van der Waals surface area (Å²) >= 11 is 5.95. The lowest BCUT2D eigenvalue weighted by molar-refractivity contribution is -0.0979. The van der Waals surface area contributed by atoms with E-state index in [9.17, 15) is 0 Å². The number of hydrogen-bond donors (Lipinski definition) is 0. The Balaban J connectivity index is 0. The zero-order valence-electron chi connectivity index (χ0n) is 18.9. The van der Waals surface area contributed by atoms with Crippen LogP contribution in [0.15, 0.2) is 72.4 Å². The highest BCUT2D eigenvalue weighted by Crippen LogP contribution is 2.28. The Morgan fingerprint density at radius 1 is 1.07 bits per heavy atom. The number of allylic oxidation sites excluding steroid dienone is 1. The number of hydrogen-bond acceptors (Lipinski definition) is 3. The third kappa shape index (κ3) is 11.3. The van der Waals surface area contributed by atoms with Crippen molar-refractivity contribution < 1.29 is 4.79 Å². The summed E-state index contributed by atoms with van der Waals surface area (Å²) in [7, 11) is 2.01. The van der Waals surface area contributed by atoms with Gasteiger partial charge in [-0.2, -0.15) is 5.10 Å². The van der Waals surface area contributed by atoms with E-state index >= 15 is 0 Å². The molecule has 0 radical (unpaired) electrons.